The van der Waals surface area contributed by atoms with Crippen LogP contribution in [-0.2, 0) is 17.8 Å². The fraction of sp³-hybridized carbons (Fsp3) is 0.381. The number of nitrogens with one attached hydrogen (secondary N) is 1. The van der Waals surface area contributed by atoms with Crippen molar-refractivity contribution < 1.29 is 14.3 Å². The molecular weight excluding hydrogens is 328 g/mol. The van der Waals surface area contributed by atoms with E-state index in [2.05, 4.69) is 28.4 Å². The fourth-order valence-corrected chi connectivity index (χ4v) is 3.16. The maximum atomic E-state index is 12.4. The summed E-state index contributed by atoms with van der Waals surface area (Å²) in [6.45, 7) is 6.91. The predicted molar refractivity (Wildman–Crippen MR) is 101 cm³/mol. The van der Waals surface area contributed by atoms with Gasteiger partial charge in [0.25, 0.3) is 5.91 Å². The molecule has 1 amide bonds. The largest absolute Gasteiger partial charge is 0.496 e. The Bertz CT molecular complexity index is 755. The third-order valence-corrected chi connectivity index (χ3v) is 4.61. The molecule has 5 heteroatoms. The first-order valence-electron chi connectivity index (χ1n) is 8.96. The Morgan fingerprint density at radius 3 is 2.65 bits per heavy atom. The third-order valence-electron chi connectivity index (χ3n) is 4.61. The molecule has 2 aromatic rings. The van der Waals surface area contributed by atoms with Crippen LogP contribution < -0.4 is 10.1 Å². The molecule has 1 aliphatic heterocycles. The van der Waals surface area contributed by atoms with Gasteiger partial charge in [-0.15, -0.1) is 0 Å². The highest BCUT2D eigenvalue weighted by molar-refractivity contribution is 5.94. The van der Waals surface area contributed by atoms with Crippen LogP contribution in [0.2, 0.25) is 0 Å². The lowest BCUT2D eigenvalue weighted by molar-refractivity contribution is 0.0342. The van der Waals surface area contributed by atoms with Crippen molar-refractivity contribution in [1.82, 2.24) is 10.2 Å². The van der Waals surface area contributed by atoms with E-state index in [4.69, 9.17) is 9.47 Å². The molecule has 5 nitrogen and oxygen atoms in total. The number of methoxy groups -OCH3 is 1. The van der Waals surface area contributed by atoms with Crippen molar-refractivity contribution in [2.45, 2.75) is 20.0 Å². The minimum absolute atomic E-state index is 0.0747. The van der Waals surface area contributed by atoms with Gasteiger partial charge in [0.15, 0.2) is 0 Å². The molecule has 1 fully saturated rings. The molecule has 1 aliphatic rings. The van der Waals surface area contributed by atoms with E-state index in [0.717, 1.165) is 49.7 Å². The number of aryl methyl sites for hydroxylation is 1. The van der Waals surface area contributed by atoms with E-state index in [0.29, 0.717) is 12.1 Å². The van der Waals surface area contributed by atoms with Crippen LogP contribution in [0.4, 0.5) is 0 Å². The summed E-state index contributed by atoms with van der Waals surface area (Å²) in [5.41, 5.74) is 3.97. The summed E-state index contributed by atoms with van der Waals surface area (Å²) in [5.74, 6) is 0.715. The Labute approximate surface area is 154 Å². The van der Waals surface area contributed by atoms with Gasteiger partial charge in [-0.05, 0) is 41.8 Å². The average molecular weight is 354 g/mol. The molecular formula is C21H26N2O3. The lowest BCUT2D eigenvalue weighted by atomic mass is 10.1. The molecule has 0 bridgehead atoms. The molecule has 0 saturated carbocycles. The standard InChI is InChI=1S/C21H26N2O3/c1-16-12-19(6-7-20(16)25-2)21(24)22-14-17-4-3-5-18(13-17)15-23-8-10-26-11-9-23/h3-7,12-13H,8-11,14-15H2,1-2H3,(H,22,24). The van der Waals surface area contributed by atoms with E-state index in [9.17, 15) is 4.79 Å². The first-order valence-corrected chi connectivity index (χ1v) is 8.96. The molecule has 1 N–H and O–H groups in total. The van der Waals surface area contributed by atoms with Crippen LogP contribution in [0.15, 0.2) is 42.5 Å². The van der Waals surface area contributed by atoms with Gasteiger partial charge in [0.2, 0.25) is 0 Å². The molecule has 0 atom stereocenters. The number of hydrogen-bond donors (Lipinski definition) is 1. The normalized spacial score (nSPS) is 14.8. The molecule has 138 valence electrons. The number of ether oxygens (including phenoxy) is 2. The topological polar surface area (TPSA) is 50.8 Å². The Kier molecular flexibility index (Phi) is 6.26. The highest BCUT2D eigenvalue weighted by atomic mass is 16.5. The average Bonchev–Trinajstić information content (AvgIpc) is 2.67. The van der Waals surface area contributed by atoms with Gasteiger partial charge >= 0.3 is 0 Å². The van der Waals surface area contributed by atoms with E-state index < -0.39 is 0 Å². The van der Waals surface area contributed by atoms with Crippen LogP contribution in [0.25, 0.3) is 0 Å². The summed E-state index contributed by atoms with van der Waals surface area (Å²) in [6.07, 6.45) is 0. The van der Waals surface area contributed by atoms with Crippen LogP contribution in [0, 0.1) is 6.92 Å². The number of carbonyl (C=O) groups is 1. The zero-order valence-corrected chi connectivity index (χ0v) is 15.5. The Morgan fingerprint density at radius 2 is 1.92 bits per heavy atom. The maximum absolute atomic E-state index is 12.4. The second kappa shape index (κ2) is 8.83. The van der Waals surface area contributed by atoms with Crippen molar-refractivity contribution in [1.29, 1.82) is 0 Å². The summed E-state index contributed by atoms with van der Waals surface area (Å²) in [4.78, 5) is 14.8. The molecule has 3 rings (SSSR count). The number of amides is 1. The maximum Gasteiger partial charge on any atom is 0.251 e. The van der Waals surface area contributed by atoms with E-state index in [1.807, 2.05) is 25.1 Å². The van der Waals surface area contributed by atoms with Gasteiger partial charge < -0.3 is 14.8 Å². The number of carbonyl (C=O) groups excluding carboxylic acids is 1. The fourth-order valence-electron chi connectivity index (χ4n) is 3.16. The summed E-state index contributed by atoms with van der Waals surface area (Å²) >= 11 is 0. The molecule has 0 aliphatic carbocycles. The van der Waals surface area contributed by atoms with Crippen molar-refractivity contribution in [3.8, 4) is 5.75 Å². The highest BCUT2D eigenvalue weighted by Gasteiger charge is 2.11. The van der Waals surface area contributed by atoms with Gasteiger partial charge in [-0.2, -0.15) is 0 Å². The lowest BCUT2D eigenvalue weighted by Gasteiger charge is -2.26. The van der Waals surface area contributed by atoms with Gasteiger partial charge in [-0.1, -0.05) is 24.3 Å². The Hall–Kier alpha value is -2.37. The Balaban J connectivity index is 1.57. The summed E-state index contributed by atoms with van der Waals surface area (Å²) in [6, 6.07) is 13.9. The lowest BCUT2D eigenvalue weighted by Crippen LogP contribution is -2.35. The SMILES string of the molecule is COc1ccc(C(=O)NCc2cccc(CN3CCOCC3)c2)cc1C. The van der Waals surface area contributed by atoms with E-state index in [-0.39, 0.29) is 5.91 Å². The van der Waals surface area contributed by atoms with Crippen molar-refractivity contribution in [3.63, 3.8) is 0 Å². The van der Waals surface area contributed by atoms with Crippen molar-refractivity contribution >= 4 is 5.91 Å². The second-order valence-electron chi connectivity index (χ2n) is 6.58. The van der Waals surface area contributed by atoms with Crippen LogP contribution in [0.3, 0.4) is 0 Å². The van der Waals surface area contributed by atoms with Crippen LogP contribution in [0.1, 0.15) is 27.0 Å². The van der Waals surface area contributed by atoms with Crippen molar-refractivity contribution in [2.75, 3.05) is 33.4 Å². The number of hydrogen-bond acceptors (Lipinski definition) is 4. The molecule has 2 aromatic carbocycles. The van der Waals surface area contributed by atoms with Crippen LogP contribution in [-0.4, -0.2) is 44.2 Å². The highest BCUT2D eigenvalue weighted by Crippen LogP contribution is 2.18. The van der Waals surface area contributed by atoms with E-state index >= 15 is 0 Å². The Morgan fingerprint density at radius 1 is 1.15 bits per heavy atom. The minimum atomic E-state index is -0.0747. The smallest absolute Gasteiger partial charge is 0.251 e. The monoisotopic (exact) mass is 354 g/mol. The third kappa shape index (κ3) is 4.84. The van der Waals surface area contributed by atoms with Crippen LogP contribution >= 0.6 is 0 Å². The van der Waals surface area contributed by atoms with Gasteiger partial charge in [-0.25, -0.2) is 0 Å². The van der Waals surface area contributed by atoms with E-state index in [1.54, 1.807) is 13.2 Å². The van der Waals surface area contributed by atoms with Crippen LogP contribution in [0.5, 0.6) is 5.75 Å². The zero-order valence-electron chi connectivity index (χ0n) is 15.5. The molecule has 26 heavy (non-hydrogen) atoms. The van der Waals surface area contributed by atoms with Gasteiger partial charge in [0.05, 0.1) is 20.3 Å². The summed E-state index contributed by atoms with van der Waals surface area (Å²) in [5, 5.41) is 3.00. The first kappa shape index (κ1) is 18.4. The quantitative estimate of drug-likeness (QED) is 0.867. The number of nitrogens with zero attached hydrogens (tertiary/aromatic N) is 1. The first-order chi connectivity index (χ1) is 12.7. The number of morpholine rings is 1. The molecule has 1 heterocycles. The number of rotatable bonds is 6. The van der Waals surface area contributed by atoms with Gasteiger partial charge in [0.1, 0.15) is 5.75 Å². The minimum Gasteiger partial charge on any atom is -0.496 e. The molecule has 0 unspecified atom stereocenters. The van der Waals surface area contributed by atoms with Crippen molar-refractivity contribution in [2.24, 2.45) is 0 Å². The van der Waals surface area contributed by atoms with Gasteiger partial charge in [0, 0.05) is 31.7 Å². The predicted octanol–water partition coefficient (Wildman–Crippen LogP) is 2.77. The van der Waals surface area contributed by atoms with E-state index in [1.165, 1.54) is 5.56 Å². The summed E-state index contributed by atoms with van der Waals surface area (Å²) < 4.78 is 10.6. The molecule has 0 spiro atoms. The number of benzene rings is 2. The molecule has 1 saturated heterocycles. The summed E-state index contributed by atoms with van der Waals surface area (Å²) in [7, 11) is 1.63. The van der Waals surface area contributed by atoms with Gasteiger partial charge in [-0.3, -0.25) is 9.69 Å². The zero-order chi connectivity index (χ0) is 18.4. The molecule has 0 aromatic heterocycles. The molecule has 0 radical (unpaired) electrons. The van der Waals surface area contributed by atoms with Crippen molar-refractivity contribution in [3.05, 3.63) is 64.7 Å². The second-order valence-corrected chi connectivity index (χ2v) is 6.58.